The van der Waals surface area contributed by atoms with Crippen LogP contribution < -0.4 is 0 Å². The van der Waals surface area contributed by atoms with Gasteiger partial charge in [-0.2, -0.15) is 8.42 Å². The molecular formula is C7H6BrClO4S. The lowest BCUT2D eigenvalue weighted by atomic mass is 10.2. The average molecular weight is 302 g/mol. The minimum atomic E-state index is -4.50. The molecule has 14 heavy (non-hydrogen) atoms. The summed E-state index contributed by atoms with van der Waals surface area (Å²) in [7, 11) is -4.50. The van der Waals surface area contributed by atoms with Crippen LogP contribution in [0.3, 0.4) is 0 Å². The number of benzene rings is 1. The number of aliphatic hydroxyl groups is 1. The normalized spacial score (nSPS) is 14.0. The van der Waals surface area contributed by atoms with E-state index in [0.29, 0.717) is 4.47 Å². The Morgan fingerprint density at radius 3 is 2.43 bits per heavy atom. The van der Waals surface area contributed by atoms with Crippen molar-refractivity contribution in [3.05, 3.63) is 33.3 Å². The molecule has 0 fully saturated rings. The van der Waals surface area contributed by atoms with Crippen molar-refractivity contribution in [1.82, 2.24) is 0 Å². The van der Waals surface area contributed by atoms with E-state index < -0.39 is 15.6 Å². The Morgan fingerprint density at radius 1 is 1.43 bits per heavy atom. The smallest absolute Gasteiger partial charge is 0.296 e. The Morgan fingerprint density at radius 2 is 2.00 bits per heavy atom. The van der Waals surface area contributed by atoms with Crippen LogP contribution in [-0.4, -0.2) is 18.1 Å². The lowest BCUT2D eigenvalue weighted by Crippen LogP contribution is -2.11. The molecule has 1 aromatic carbocycles. The van der Waals surface area contributed by atoms with E-state index in [1.807, 2.05) is 0 Å². The third kappa shape index (κ3) is 2.68. The molecule has 1 atom stereocenters. The van der Waals surface area contributed by atoms with Gasteiger partial charge in [-0.15, -0.1) is 0 Å². The maximum absolute atomic E-state index is 10.6. The van der Waals surface area contributed by atoms with Gasteiger partial charge < -0.3 is 5.11 Å². The zero-order valence-electron chi connectivity index (χ0n) is 6.68. The second kappa shape index (κ2) is 4.16. The first kappa shape index (κ1) is 11.9. The molecule has 0 heterocycles. The Hall–Kier alpha value is -0.140. The van der Waals surface area contributed by atoms with Crippen LogP contribution in [-0.2, 0) is 10.1 Å². The highest BCUT2D eigenvalue weighted by molar-refractivity contribution is 9.10. The third-order valence-corrected chi connectivity index (χ3v) is 3.58. The number of rotatable bonds is 2. The van der Waals surface area contributed by atoms with Crippen molar-refractivity contribution < 1.29 is 18.1 Å². The van der Waals surface area contributed by atoms with Crippen LogP contribution in [0.2, 0.25) is 5.02 Å². The quantitative estimate of drug-likeness (QED) is 0.819. The Balaban J connectivity index is 3.16. The third-order valence-electron chi connectivity index (χ3n) is 1.51. The molecule has 1 unspecified atom stereocenters. The number of hydrogen-bond donors (Lipinski definition) is 2. The van der Waals surface area contributed by atoms with Crippen LogP contribution in [0.5, 0.6) is 0 Å². The van der Waals surface area contributed by atoms with E-state index in [9.17, 15) is 8.42 Å². The largest absolute Gasteiger partial charge is 0.371 e. The molecule has 0 aliphatic heterocycles. The molecule has 0 bridgehead atoms. The second-order valence-electron chi connectivity index (χ2n) is 2.54. The van der Waals surface area contributed by atoms with Crippen LogP contribution in [0.25, 0.3) is 0 Å². The number of hydrogen-bond acceptors (Lipinski definition) is 3. The van der Waals surface area contributed by atoms with E-state index in [-0.39, 0.29) is 10.6 Å². The lowest BCUT2D eigenvalue weighted by molar-refractivity contribution is 0.238. The molecule has 2 N–H and O–H groups in total. The van der Waals surface area contributed by atoms with Crippen molar-refractivity contribution in [2.24, 2.45) is 0 Å². The van der Waals surface area contributed by atoms with Gasteiger partial charge in [0.15, 0.2) is 0 Å². The minimum absolute atomic E-state index is 0.0145. The van der Waals surface area contributed by atoms with Crippen molar-refractivity contribution in [1.29, 1.82) is 0 Å². The summed E-state index contributed by atoms with van der Waals surface area (Å²) in [6, 6.07) is 4.07. The molecular weight excluding hydrogens is 295 g/mol. The summed E-state index contributed by atoms with van der Waals surface area (Å²) in [5, 5.41) is 9.42. The van der Waals surface area contributed by atoms with Gasteiger partial charge in [-0.05, 0) is 33.6 Å². The average Bonchev–Trinajstić information content (AvgIpc) is 2.07. The fourth-order valence-electron chi connectivity index (χ4n) is 0.838. The van der Waals surface area contributed by atoms with Gasteiger partial charge in [-0.1, -0.05) is 17.7 Å². The van der Waals surface area contributed by atoms with Gasteiger partial charge in [-0.25, -0.2) is 0 Å². The first-order valence-corrected chi connectivity index (χ1v) is 6.09. The van der Waals surface area contributed by atoms with Crippen molar-refractivity contribution in [3.8, 4) is 0 Å². The van der Waals surface area contributed by atoms with E-state index in [2.05, 4.69) is 15.9 Å². The molecule has 0 aliphatic carbocycles. The van der Waals surface area contributed by atoms with Crippen molar-refractivity contribution >= 4 is 37.6 Å². The van der Waals surface area contributed by atoms with Gasteiger partial charge in [0.1, 0.15) is 0 Å². The lowest BCUT2D eigenvalue weighted by Gasteiger charge is -2.08. The highest BCUT2D eigenvalue weighted by Gasteiger charge is 2.22. The highest BCUT2D eigenvalue weighted by Crippen LogP contribution is 2.27. The number of aliphatic hydroxyl groups excluding tert-OH is 1. The van der Waals surface area contributed by atoms with Gasteiger partial charge in [0.05, 0.1) is 5.02 Å². The van der Waals surface area contributed by atoms with E-state index in [1.165, 1.54) is 18.2 Å². The predicted octanol–water partition coefficient (Wildman–Crippen LogP) is 1.98. The van der Waals surface area contributed by atoms with Crippen LogP contribution in [0, 0.1) is 0 Å². The molecule has 1 aromatic rings. The molecule has 1 rings (SSSR count). The maximum atomic E-state index is 10.6. The minimum Gasteiger partial charge on any atom is -0.371 e. The van der Waals surface area contributed by atoms with E-state index in [1.54, 1.807) is 0 Å². The summed E-state index contributed by atoms with van der Waals surface area (Å²) in [5.41, 5.74) is -1.95. The van der Waals surface area contributed by atoms with Gasteiger partial charge in [0.25, 0.3) is 10.1 Å². The molecule has 7 heteroatoms. The molecule has 78 valence electrons. The van der Waals surface area contributed by atoms with Gasteiger partial charge in [0.2, 0.25) is 5.44 Å². The summed E-state index contributed by atoms with van der Waals surface area (Å²) in [4.78, 5) is 0. The van der Waals surface area contributed by atoms with Gasteiger partial charge in [0, 0.05) is 4.47 Å². The zero-order valence-corrected chi connectivity index (χ0v) is 9.84. The molecule has 0 aliphatic rings. The van der Waals surface area contributed by atoms with Crippen LogP contribution in [0.15, 0.2) is 22.7 Å². The fraction of sp³-hybridized carbons (Fsp3) is 0.143. The van der Waals surface area contributed by atoms with Crippen LogP contribution in [0.4, 0.5) is 0 Å². The molecule has 0 saturated heterocycles. The summed E-state index contributed by atoms with van der Waals surface area (Å²) >= 11 is 8.78. The SMILES string of the molecule is O=S(=O)(O)C(O)c1ccc(Br)c(Cl)c1. The Bertz CT molecular complexity index is 445. The molecule has 0 saturated carbocycles. The van der Waals surface area contributed by atoms with E-state index in [4.69, 9.17) is 21.3 Å². The first-order chi connectivity index (χ1) is 6.32. The van der Waals surface area contributed by atoms with Gasteiger partial charge in [-0.3, -0.25) is 4.55 Å². The monoisotopic (exact) mass is 300 g/mol. The number of halogens is 2. The van der Waals surface area contributed by atoms with E-state index in [0.717, 1.165) is 0 Å². The van der Waals surface area contributed by atoms with E-state index >= 15 is 0 Å². The first-order valence-electron chi connectivity index (χ1n) is 3.41. The van der Waals surface area contributed by atoms with Crippen LogP contribution in [0.1, 0.15) is 11.0 Å². The summed E-state index contributed by atoms with van der Waals surface area (Å²) in [5.74, 6) is 0. The maximum Gasteiger partial charge on any atom is 0.296 e. The summed E-state index contributed by atoms with van der Waals surface area (Å²) in [6.45, 7) is 0. The van der Waals surface area contributed by atoms with Crippen molar-refractivity contribution in [2.45, 2.75) is 5.44 Å². The standard InChI is InChI=1S/C7H6BrClO4S/c8-5-2-1-4(3-6(5)9)7(10)14(11,12)13/h1-3,7,10H,(H,11,12,13). The Kier molecular flexibility index (Phi) is 3.54. The second-order valence-corrected chi connectivity index (χ2v) is 5.28. The zero-order chi connectivity index (χ0) is 10.9. The molecule has 0 radical (unpaired) electrons. The fourth-order valence-corrected chi connectivity index (χ4v) is 1.76. The molecule has 0 spiro atoms. The molecule has 0 amide bonds. The van der Waals surface area contributed by atoms with Crippen molar-refractivity contribution in [2.75, 3.05) is 0 Å². The topological polar surface area (TPSA) is 74.6 Å². The predicted molar refractivity (Wildman–Crippen MR) is 55.7 cm³/mol. The summed E-state index contributed by atoms with van der Waals surface area (Å²) < 4.78 is 30.3. The highest BCUT2D eigenvalue weighted by atomic mass is 79.9. The molecule has 0 aromatic heterocycles. The molecule has 4 nitrogen and oxygen atoms in total. The van der Waals surface area contributed by atoms with Crippen LogP contribution >= 0.6 is 27.5 Å². The van der Waals surface area contributed by atoms with Crippen molar-refractivity contribution in [3.63, 3.8) is 0 Å². The van der Waals surface area contributed by atoms with Gasteiger partial charge >= 0.3 is 0 Å². The summed E-state index contributed by atoms with van der Waals surface area (Å²) in [6.07, 6.45) is 0. The Labute approximate surface area is 94.4 Å².